The van der Waals surface area contributed by atoms with Crippen LogP contribution in [0.4, 0.5) is 5.69 Å². The molecule has 0 radical (unpaired) electrons. The van der Waals surface area contributed by atoms with Crippen molar-refractivity contribution in [2.24, 2.45) is 0 Å². The second kappa shape index (κ2) is 5.15. The number of hydrogen-bond acceptors (Lipinski definition) is 2. The van der Waals surface area contributed by atoms with Crippen molar-refractivity contribution >= 4 is 49.4 Å². The van der Waals surface area contributed by atoms with Gasteiger partial charge in [-0.25, -0.2) is 0 Å². The third kappa shape index (κ3) is 2.29. The topological polar surface area (TPSA) is 49.4 Å². The number of benzene rings is 1. The summed E-state index contributed by atoms with van der Waals surface area (Å²) in [4.78, 5) is 26.4. The van der Waals surface area contributed by atoms with Crippen LogP contribution in [0.2, 0.25) is 0 Å². The van der Waals surface area contributed by atoms with Crippen molar-refractivity contribution in [3.63, 3.8) is 0 Å². The van der Waals surface area contributed by atoms with Crippen LogP contribution in [-0.4, -0.2) is 23.9 Å². The molecule has 1 saturated carbocycles. The molecule has 0 unspecified atom stereocenters. The highest BCUT2D eigenvalue weighted by Crippen LogP contribution is 2.37. The Morgan fingerprint density at radius 1 is 1.15 bits per heavy atom. The maximum atomic E-state index is 12.8. The maximum Gasteiger partial charge on any atom is 0.253 e. The number of carbonyl (C=O) groups is 2. The fourth-order valence-corrected chi connectivity index (χ4v) is 4.31. The number of piperazine rings is 1. The highest BCUT2D eigenvalue weighted by atomic mass is 79.9. The Kier molecular flexibility index (Phi) is 3.62. The summed E-state index contributed by atoms with van der Waals surface area (Å²) in [5.74, 6) is -0.0704. The van der Waals surface area contributed by atoms with E-state index in [0.717, 1.165) is 40.3 Å². The molecule has 1 aromatic carbocycles. The van der Waals surface area contributed by atoms with E-state index in [1.165, 1.54) is 0 Å². The number of hydrogen-bond donors (Lipinski definition) is 1. The first-order valence-corrected chi connectivity index (χ1v) is 8.18. The number of amides is 2. The van der Waals surface area contributed by atoms with Gasteiger partial charge in [0.25, 0.3) is 5.91 Å². The third-order valence-electron chi connectivity index (χ3n) is 3.99. The zero-order valence-corrected chi connectivity index (χ0v) is 14.0. The Hall–Kier alpha value is -0.880. The van der Waals surface area contributed by atoms with Crippen LogP contribution in [0.1, 0.15) is 25.7 Å². The fourth-order valence-electron chi connectivity index (χ4n) is 3.05. The maximum absolute atomic E-state index is 12.8. The number of nitrogens with one attached hydrogen (secondary N) is 1. The van der Waals surface area contributed by atoms with E-state index in [1.807, 2.05) is 18.2 Å². The van der Waals surface area contributed by atoms with Crippen LogP contribution < -0.4 is 10.2 Å². The second-order valence-corrected chi connectivity index (χ2v) is 7.09. The minimum atomic E-state index is -0.679. The molecule has 1 aromatic rings. The van der Waals surface area contributed by atoms with Gasteiger partial charge in [0.2, 0.25) is 5.91 Å². The molecule has 2 aliphatic rings. The molecule has 20 heavy (non-hydrogen) atoms. The van der Waals surface area contributed by atoms with Crippen molar-refractivity contribution in [1.29, 1.82) is 0 Å². The minimum absolute atomic E-state index is 0.0117. The first kappa shape index (κ1) is 14.1. The SMILES string of the molecule is O=C1CN(c2ccc(Br)cc2Br)C(=O)C2(CCCC2)N1. The van der Waals surface area contributed by atoms with E-state index in [-0.39, 0.29) is 18.4 Å². The number of rotatable bonds is 1. The quantitative estimate of drug-likeness (QED) is 0.786. The van der Waals surface area contributed by atoms with E-state index in [0.29, 0.717) is 0 Å². The summed E-state index contributed by atoms with van der Waals surface area (Å²) in [5.41, 5.74) is 0.0707. The van der Waals surface area contributed by atoms with Gasteiger partial charge in [0.15, 0.2) is 0 Å². The molecule has 0 bridgehead atoms. The standard InChI is InChI=1S/C14H14Br2N2O2/c15-9-3-4-11(10(16)7-9)18-8-12(19)17-14(13(18)20)5-1-2-6-14/h3-4,7H,1-2,5-6,8H2,(H,17,19). The molecule has 1 heterocycles. The normalized spacial score (nSPS) is 21.4. The molecule has 1 saturated heterocycles. The van der Waals surface area contributed by atoms with Gasteiger partial charge < -0.3 is 5.32 Å². The Bertz CT molecular complexity index is 583. The van der Waals surface area contributed by atoms with E-state index in [2.05, 4.69) is 37.2 Å². The molecule has 0 atom stereocenters. The molecule has 1 spiro atoms. The summed E-state index contributed by atoms with van der Waals surface area (Å²) in [6, 6.07) is 5.62. The van der Waals surface area contributed by atoms with Crippen molar-refractivity contribution in [3.05, 3.63) is 27.1 Å². The molecule has 3 rings (SSSR count). The second-order valence-electron chi connectivity index (χ2n) is 5.32. The smallest absolute Gasteiger partial charge is 0.253 e. The zero-order chi connectivity index (χ0) is 14.3. The lowest BCUT2D eigenvalue weighted by Gasteiger charge is -2.40. The van der Waals surface area contributed by atoms with Crippen molar-refractivity contribution < 1.29 is 9.59 Å². The van der Waals surface area contributed by atoms with Gasteiger partial charge in [-0.15, -0.1) is 0 Å². The molecule has 6 heteroatoms. The van der Waals surface area contributed by atoms with Crippen LogP contribution in [0.25, 0.3) is 0 Å². The summed E-state index contributed by atoms with van der Waals surface area (Å²) in [7, 11) is 0. The molecule has 106 valence electrons. The van der Waals surface area contributed by atoms with E-state index < -0.39 is 5.54 Å². The molecule has 1 N–H and O–H groups in total. The van der Waals surface area contributed by atoms with Crippen LogP contribution in [0, 0.1) is 0 Å². The largest absolute Gasteiger partial charge is 0.340 e. The molecular formula is C14H14Br2N2O2. The lowest BCUT2D eigenvalue weighted by Crippen LogP contribution is -2.65. The summed E-state index contributed by atoms with van der Waals surface area (Å²) in [6.45, 7) is 0.0841. The van der Waals surface area contributed by atoms with E-state index in [9.17, 15) is 9.59 Å². The average Bonchev–Trinajstić information content (AvgIpc) is 2.84. The molecule has 2 fully saturated rings. The molecule has 1 aliphatic carbocycles. The highest BCUT2D eigenvalue weighted by Gasteiger charge is 2.48. The fraction of sp³-hybridized carbons (Fsp3) is 0.429. The van der Waals surface area contributed by atoms with Gasteiger partial charge in [0.05, 0.1) is 5.69 Å². The Labute approximate surface area is 134 Å². The van der Waals surface area contributed by atoms with Gasteiger partial charge in [0.1, 0.15) is 12.1 Å². The Balaban J connectivity index is 1.99. The van der Waals surface area contributed by atoms with Crippen molar-refractivity contribution in [3.8, 4) is 0 Å². The highest BCUT2D eigenvalue weighted by molar-refractivity contribution is 9.11. The monoisotopic (exact) mass is 400 g/mol. The van der Waals surface area contributed by atoms with Crippen LogP contribution in [0.15, 0.2) is 27.1 Å². The molecule has 0 aromatic heterocycles. The molecular weight excluding hydrogens is 388 g/mol. The summed E-state index contributed by atoms with van der Waals surface area (Å²) in [6.07, 6.45) is 3.45. The first-order valence-electron chi connectivity index (χ1n) is 6.60. The lowest BCUT2D eigenvalue weighted by molar-refractivity contribution is -0.135. The van der Waals surface area contributed by atoms with Crippen LogP contribution in [0.5, 0.6) is 0 Å². The van der Waals surface area contributed by atoms with Gasteiger partial charge in [-0.3, -0.25) is 14.5 Å². The predicted molar refractivity (Wildman–Crippen MR) is 83.5 cm³/mol. The number of carbonyl (C=O) groups excluding carboxylic acids is 2. The van der Waals surface area contributed by atoms with E-state index in [4.69, 9.17) is 0 Å². The van der Waals surface area contributed by atoms with Crippen molar-refractivity contribution in [2.75, 3.05) is 11.4 Å². The number of halogens is 2. The van der Waals surface area contributed by atoms with Gasteiger partial charge >= 0.3 is 0 Å². The van der Waals surface area contributed by atoms with Crippen LogP contribution in [0.3, 0.4) is 0 Å². The van der Waals surface area contributed by atoms with Crippen LogP contribution >= 0.6 is 31.9 Å². The number of anilines is 1. The van der Waals surface area contributed by atoms with Crippen LogP contribution in [-0.2, 0) is 9.59 Å². The Morgan fingerprint density at radius 2 is 1.85 bits per heavy atom. The predicted octanol–water partition coefficient (Wildman–Crippen LogP) is 2.99. The van der Waals surface area contributed by atoms with Crippen molar-refractivity contribution in [1.82, 2.24) is 5.32 Å². The summed E-state index contributed by atoms with van der Waals surface area (Å²) < 4.78 is 1.74. The van der Waals surface area contributed by atoms with Gasteiger partial charge in [-0.2, -0.15) is 0 Å². The van der Waals surface area contributed by atoms with E-state index in [1.54, 1.807) is 4.90 Å². The minimum Gasteiger partial charge on any atom is -0.340 e. The van der Waals surface area contributed by atoms with Gasteiger partial charge in [-0.1, -0.05) is 28.8 Å². The first-order chi connectivity index (χ1) is 9.52. The number of nitrogens with zero attached hydrogens (tertiary/aromatic N) is 1. The molecule has 4 nitrogen and oxygen atoms in total. The zero-order valence-electron chi connectivity index (χ0n) is 10.8. The Morgan fingerprint density at radius 3 is 2.50 bits per heavy atom. The van der Waals surface area contributed by atoms with Gasteiger partial charge in [0, 0.05) is 8.95 Å². The molecule has 1 aliphatic heterocycles. The summed E-state index contributed by atoms with van der Waals surface area (Å²) in [5, 5.41) is 2.92. The summed E-state index contributed by atoms with van der Waals surface area (Å²) >= 11 is 6.87. The average molecular weight is 402 g/mol. The molecule has 2 amide bonds. The lowest BCUT2D eigenvalue weighted by atomic mass is 9.92. The van der Waals surface area contributed by atoms with Gasteiger partial charge in [-0.05, 0) is 47.0 Å². The van der Waals surface area contributed by atoms with E-state index >= 15 is 0 Å². The third-order valence-corrected chi connectivity index (χ3v) is 5.12. The van der Waals surface area contributed by atoms with Crippen molar-refractivity contribution in [2.45, 2.75) is 31.2 Å².